The van der Waals surface area contributed by atoms with Gasteiger partial charge in [-0.05, 0) is 76.4 Å². The molecule has 1 aromatic carbocycles. The predicted molar refractivity (Wildman–Crippen MR) is 172 cm³/mol. The molecule has 0 aliphatic carbocycles. The molecule has 1 atom stereocenters. The Balaban J connectivity index is 1.65. The van der Waals surface area contributed by atoms with Gasteiger partial charge < -0.3 is 33.4 Å². The molecule has 2 aliphatic rings. The van der Waals surface area contributed by atoms with Gasteiger partial charge in [0, 0.05) is 60.2 Å². The lowest BCUT2D eigenvalue weighted by molar-refractivity contribution is -0.160. The summed E-state index contributed by atoms with van der Waals surface area (Å²) in [6.07, 6.45) is -0.222. The number of benzene rings is 1. The molecule has 47 heavy (non-hydrogen) atoms. The number of likely N-dealkylation sites (N-methyl/N-ethyl adjacent to an activating group) is 1. The quantitative estimate of drug-likeness (QED) is 0.145. The van der Waals surface area contributed by atoms with Gasteiger partial charge in [-0.15, -0.1) is 5.10 Å². The Morgan fingerprint density at radius 2 is 1.96 bits per heavy atom. The minimum absolute atomic E-state index is 0.173. The second-order valence-electron chi connectivity index (χ2n) is 13.0. The molecule has 0 bridgehead atoms. The lowest BCUT2D eigenvalue weighted by Gasteiger charge is -2.30. The molecular formula is C32H38FN9O5. The maximum absolute atomic E-state index is 15.8. The number of hydrogen-bond donors (Lipinski definition) is 1. The molecule has 14 nitrogen and oxygen atoms in total. The molecule has 15 heteroatoms. The van der Waals surface area contributed by atoms with Crippen molar-refractivity contribution >= 4 is 23.0 Å². The Morgan fingerprint density at radius 3 is 2.64 bits per heavy atom. The van der Waals surface area contributed by atoms with Crippen molar-refractivity contribution in [1.29, 1.82) is 0 Å². The Kier molecular flexibility index (Phi) is 8.55. The molecule has 4 aromatic rings. The molecule has 1 N–H and O–H groups in total. The molecule has 3 aromatic heterocycles. The van der Waals surface area contributed by atoms with Gasteiger partial charge in [-0.2, -0.15) is 0 Å². The van der Waals surface area contributed by atoms with Crippen molar-refractivity contribution in [2.75, 3.05) is 44.7 Å². The summed E-state index contributed by atoms with van der Waals surface area (Å²) < 4.78 is 35.6. The summed E-state index contributed by atoms with van der Waals surface area (Å²) in [5.74, 6) is -1.38. The number of nitrogens with zero attached hydrogens (tertiary/aromatic N) is 9. The van der Waals surface area contributed by atoms with E-state index in [1.807, 2.05) is 11.8 Å². The highest BCUT2D eigenvalue weighted by molar-refractivity contribution is 6.01. The summed E-state index contributed by atoms with van der Waals surface area (Å²) in [5.41, 5.74) is 12.0. The second-order valence-corrected chi connectivity index (χ2v) is 13.0. The number of carbonyl (C=O) groups is 1. The number of piperazine rings is 1. The van der Waals surface area contributed by atoms with E-state index in [9.17, 15) is 15.4 Å². The van der Waals surface area contributed by atoms with Crippen LogP contribution in [0.3, 0.4) is 0 Å². The highest BCUT2D eigenvalue weighted by atomic mass is 19.1. The Labute approximate surface area is 270 Å². The monoisotopic (exact) mass is 647 g/mol. The number of pyridine rings is 1. The van der Waals surface area contributed by atoms with Gasteiger partial charge in [0.25, 0.3) is 5.89 Å². The van der Waals surface area contributed by atoms with Crippen LogP contribution in [0.25, 0.3) is 44.2 Å². The van der Waals surface area contributed by atoms with Crippen LogP contribution in [0.4, 0.5) is 10.4 Å². The first kappa shape index (κ1) is 32.2. The molecule has 0 unspecified atom stereocenters. The summed E-state index contributed by atoms with van der Waals surface area (Å²) in [7, 11) is 3.84. The number of carboxylic acids is 1. The molecule has 6 rings (SSSR count). The third kappa shape index (κ3) is 6.09. The maximum Gasteiger partial charge on any atom is 0.337 e. The number of anilines is 1. The number of rotatable bonds is 8. The fourth-order valence-corrected chi connectivity index (χ4v) is 6.33. The van der Waals surface area contributed by atoms with Gasteiger partial charge in [-0.25, -0.2) is 14.2 Å². The van der Waals surface area contributed by atoms with Gasteiger partial charge in [0.15, 0.2) is 17.7 Å². The lowest BCUT2D eigenvalue weighted by Crippen LogP contribution is -2.44. The van der Waals surface area contributed by atoms with Crippen molar-refractivity contribution in [2.24, 2.45) is 12.2 Å². The fourth-order valence-electron chi connectivity index (χ4n) is 6.33. The molecule has 5 heterocycles. The smallest absolute Gasteiger partial charge is 0.337 e. The van der Waals surface area contributed by atoms with E-state index in [-0.39, 0.29) is 29.4 Å². The normalized spacial score (nSPS) is 16.1. The van der Waals surface area contributed by atoms with E-state index in [1.54, 1.807) is 38.5 Å². The average molecular weight is 648 g/mol. The highest BCUT2D eigenvalue weighted by Crippen LogP contribution is 2.46. The number of hydrogen-bond acceptors (Lipinski definition) is 10. The average Bonchev–Trinajstić information content (AvgIpc) is 3.65. The van der Waals surface area contributed by atoms with Gasteiger partial charge in [0.2, 0.25) is 0 Å². The van der Waals surface area contributed by atoms with E-state index >= 15 is 4.39 Å². The Hall–Kier alpha value is -4.72. The number of aliphatic carboxylic acids is 1. The van der Waals surface area contributed by atoms with Crippen LogP contribution in [0, 0.1) is 12.7 Å². The summed E-state index contributed by atoms with van der Waals surface area (Å²) in [4.78, 5) is 25.0. The minimum Gasteiger partial charge on any atom is -0.490 e. The first-order valence-electron chi connectivity index (χ1n) is 15.5. The zero-order valence-corrected chi connectivity index (χ0v) is 27.4. The molecule has 1 saturated heterocycles. The molecule has 2 aliphatic heterocycles. The number of aromatic nitrogens is 4. The highest BCUT2D eigenvalue weighted by Gasteiger charge is 2.35. The summed E-state index contributed by atoms with van der Waals surface area (Å²) in [6, 6.07) is 3.56. The van der Waals surface area contributed by atoms with E-state index in [4.69, 9.17) is 18.9 Å². The standard InChI is InChI=1S/C32H38FN9O5/c1-17-18-8-7-13-45-26(18)21(33)14-19(17)24-20-15-23(29-37-38-31(46-29)42-11-9-40(5)10-12-42)41(6)28(20)36-22(16-35-39-34)25(24)27(30(43)44)47-32(2,3)4/h14-15,27H,7-13,16H2,1-6H3,(H,43,44)/t27-/m0/s1. The van der Waals surface area contributed by atoms with Crippen LogP contribution in [0.15, 0.2) is 21.7 Å². The predicted octanol–water partition coefficient (Wildman–Crippen LogP) is 5.57. The first-order valence-corrected chi connectivity index (χ1v) is 15.5. The van der Waals surface area contributed by atoms with Crippen molar-refractivity contribution in [2.45, 2.75) is 58.8 Å². The number of ether oxygens (including phenoxy) is 2. The van der Waals surface area contributed by atoms with Crippen LogP contribution in [-0.2, 0) is 29.5 Å². The second kappa shape index (κ2) is 12.5. The van der Waals surface area contributed by atoms with Crippen molar-refractivity contribution in [3.8, 4) is 28.5 Å². The van der Waals surface area contributed by atoms with Crippen LogP contribution in [0.5, 0.6) is 5.75 Å². The molecule has 0 saturated carbocycles. The summed E-state index contributed by atoms with van der Waals surface area (Å²) in [5, 5.41) is 23.5. The van der Waals surface area contributed by atoms with E-state index in [0.717, 1.165) is 31.7 Å². The van der Waals surface area contributed by atoms with E-state index in [2.05, 4.69) is 32.2 Å². The number of carboxylic acid groups (broad SMARTS) is 1. The molecule has 1 fully saturated rings. The number of halogens is 1. The molecule has 248 valence electrons. The van der Waals surface area contributed by atoms with E-state index < -0.39 is 23.5 Å². The van der Waals surface area contributed by atoms with Gasteiger partial charge >= 0.3 is 12.0 Å². The van der Waals surface area contributed by atoms with Crippen molar-refractivity contribution in [3.63, 3.8) is 0 Å². The minimum atomic E-state index is -1.53. The summed E-state index contributed by atoms with van der Waals surface area (Å²) >= 11 is 0. The SMILES string of the molecule is Cc1c(-c2c([C@H](OC(C)(C)C)C(=O)O)c(CN=[N+]=[N-])nc3c2cc(-c2nnc(N4CCN(C)CC4)o2)n3C)cc(F)c2c1CCCO2. The first-order chi connectivity index (χ1) is 22.4. The third-order valence-electron chi connectivity index (χ3n) is 8.65. The van der Waals surface area contributed by atoms with Crippen LogP contribution in [-0.4, -0.2) is 81.2 Å². The Bertz CT molecular complexity index is 1900. The zero-order valence-electron chi connectivity index (χ0n) is 27.4. The topological polar surface area (TPSA) is 168 Å². The maximum atomic E-state index is 15.8. The van der Waals surface area contributed by atoms with Gasteiger partial charge in [0.05, 0.1) is 24.4 Å². The number of azide groups is 1. The summed E-state index contributed by atoms with van der Waals surface area (Å²) in [6.45, 7) is 10.5. The van der Waals surface area contributed by atoms with E-state index in [0.29, 0.717) is 58.9 Å². The van der Waals surface area contributed by atoms with Crippen LogP contribution < -0.4 is 9.64 Å². The van der Waals surface area contributed by atoms with Crippen molar-refractivity contribution in [3.05, 3.63) is 50.8 Å². The van der Waals surface area contributed by atoms with Crippen LogP contribution in [0.2, 0.25) is 0 Å². The van der Waals surface area contributed by atoms with Crippen LogP contribution >= 0.6 is 0 Å². The molecule has 0 spiro atoms. The molecular weight excluding hydrogens is 609 g/mol. The Morgan fingerprint density at radius 1 is 1.21 bits per heavy atom. The number of aryl methyl sites for hydroxylation is 1. The van der Waals surface area contributed by atoms with Gasteiger partial charge in [-0.3, -0.25) is 0 Å². The fraction of sp³-hybridized carbons (Fsp3) is 0.500. The van der Waals surface area contributed by atoms with Crippen molar-refractivity contribution < 1.29 is 28.2 Å². The zero-order chi connectivity index (χ0) is 33.6. The molecule has 0 radical (unpaired) electrons. The molecule has 0 amide bonds. The largest absolute Gasteiger partial charge is 0.490 e. The number of fused-ring (bicyclic) bond motifs is 2. The van der Waals surface area contributed by atoms with E-state index in [1.165, 1.54) is 6.07 Å². The van der Waals surface area contributed by atoms with Gasteiger partial charge in [0.1, 0.15) is 11.3 Å². The van der Waals surface area contributed by atoms with Gasteiger partial charge in [-0.1, -0.05) is 10.2 Å². The lowest BCUT2D eigenvalue weighted by atomic mass is 9.86. The van der Waals surface area contributed by atoms with Crippen LogP contribution in [0.1, 0.15) is 55.7 Å². The van der Waals surface area contributed by atoms with Crippen molar-refractivity contribution in [1.82, 2.24) is 24.6 Å². The third-order valence-corrected chi connectivity index (χ3v) is 8.65.